The minimum absolute atomic E-state index is 0.116. The number of carbonyl (C=O) groups is 1. The van der Waals surface area contributed by atoms with E-state index in [4.69, 9.17) is 0 Å². The molecule has 0 bridgehead atoms. The zero-order valence-electron chi connectivity index (χ0n) is 17.1. The second-order valence-electron chi connectivity index (χ2n) is 6.68. The number of carbonyl (C=O) groups excluding carboxylic acids is 1. The largest absolute Gasteiger partial charge is 0.299 e. The lowest BCUT2D eigenvalue weighted by atomic mass is 10.2. The number of sulfonamides is 1. The van der Waals surface area contributed by atoms with Crippen molar-refractivity contribution in [1.29, 1.82) is 0 Å². The van der Waals surface area contributed by atoms with Crippen molar-refractivity contribution in [3.8, 4) is 0 Å². The number of nitrogens with one attached hydrogen (secondary N) is 1. The van der Waals surface area contributed by atoms with Crippen molar-refractivity contribution in [3.63, 3.8) is 0 Å². The minimum atomic E-state index is -3.95. The van der Waals surface area contributed by atoms with Gasteiger partial charge in [0, 0.05) is 5.75 Å². The van der Waals surface area contributed by atoms with Crippen LogP contribution in [0.4, 0.5) is 10.8 Å². The first-order valence-corrected chi connectivity index (χ1v) is 12.6. The summed E-state index contributed by atoms with van der Waals surface area (Å²) in [5.74, 6) is 0.172. The number of amides is 1. The van der Waals surface area contributed by atoms with Crippen LogP contribution in [0.5, 0.6) is 0 Å². The monoisotopic (exact) mass is 474 g/mol. The Bertz CT molecular complexity index is 1160. The molecule has 0 unspecified atom stereocenters. The van der Waals surface area contributed by atoms with Crippen LogP contribution in [-0.4, -0.2) is 36.8 Å². The zero-order valence-corrected chi connectivity index (χ0v) is 19.6. The van der Waals surface area contributed by atoms with Gasteiger partial charge in [-0.05, 0) is 38.1 Å². The molecule has 31 heavy (non-hydrogen) atoms. The Morgan fingerprint density at radius 1 is 1.10 bits per heavy atom. The first-order valence-electron chi connectivity index (χ1n) is 9.33. The Morgan fingerprint density at radius 3 is 2.32 bits per heavy atom. The van der Waals surface area contributed by atoms with Crippen molar-refractivity contribution < 1.29 is 13.2 Å². The highest BCUT2D eigenvalue weighted by Crippen LogP contribution is 2.27. The number of aromatic nitrogens is 2. The molecule has 162 valence electrons. The number of hydrogen-bond acceptors (Lipinski definition) is 7. The van der Waals surface area contributed by atoms with Gasteiger partial charge in [-0.3, -0.25) is 14.4 Å². The van der Waals surface area contributed by atoms with Gasteiger partial charge in [0.1, 0.15) is 6.54 Å². The van der Waals surface area contributed by atoms with Gasteiger partial charge < -0.3 is 0 Å². The minimum Gasteiger partial charge on any atom is -0.299 e. The molecule has 1 N–H and O–H groups in total. The topological polar surface area (TPSA) is 92.3 Å². The number of hydrogen-bond donors (Lipinski definition) is 1. The molecule has 0 radical (unpaired) electrons. The summed E-state index contributed by atoms with van der Waals surface area (Å²) in [7, 11) is -3.95. The Labute approximate surface area is 190 Å². The van der Waals surface area contributed by atoms with Gasteiger partial charge in [0.15, 0.2) is 4.34 Å². The van der Waals surface area contributed by atoms with Crippen LogP contribution in [0.25, 0.3) is 0 Å². The standard InChI is InChI=1S/C21H22N4O3S3/c1-4-13-29-21-24-23-20(30-21)22-19(26)14-25(17-9-5-15(2)6-10-17)31(27,28)18-11-7-16(3)8-12-18/h4-12H,1,13-14H2,2-3H3,(H,22,23,26). The van der Waals surface area contributed by atoms with Crippen LogP contribution >= 0.6 is 23.1 Å². The van der Waals surface area contributed by atoms with Crippen molar-refractivity contribution >= 4 is 49.8 Å². The zero-order chi connectivity index (χ0) is 22.4. The van der Waals surface area contributed by atoms with Crippen molar-refractivity contribution in [2.24, 2.45) is 0 Å². The van der Waals surface area contributed by atoms with Gasteiger partial charge in [0.05, 0.1) is 10.6 Å². The molecule has 1 aromatic heterocycles. The lowest BCUT2D eigenvalue weighted by molar-refractivity contribution is -0.114. The number of anilines is 2. The summed E-state index contributed by atoms with van der Waals surface area (Å²) in [6.45, 7) is 7.05. The molecule has 1 heterocycles. The molecule has 10 heteroatoms. The van der Waals surface area contributed by atoms with E-state index >= 15 is 0 Å². The first kappa shape index (κ1) is 23.0. The number of nitrogens with zero attached hydrogens (tertiary/aromatic N) is 3. The Balaban J connectivity index is 1.85. The van der Waals surface area contributed by atoms with E-state index in [1.807, 2.05) is 13.8 Å². The quantitative estimate of drug-likeness (QED) is 0.283. The highest BCUT2D eigenvalue weighted by molar-refractivity contribution is 8.01. The van der Waals surface area contributed by atoms with Crippen molar-refractivity contribution in [2.75, 3.05) is 21.9 Å². The van der Waals surface area contributed by atoms with Crippen LogP contribution in [0.15, 0.2) is 70.4 Å². The van der Waals surface area contributed by atoms with Crippen LogP contribution < -0.4 is 9.62 Å². The fourth-order valence-electron chi connectivity index (χ4n) is 2.60. The third kappa shape index (κ3) is 5.93. The molecule has 0 fully saturated rings. The molecule has 0 spiro atoms. The van der Waals surface area contributed by atoms with Gasteiger partial charge >= 0.3 is 0 Å². The second-order valence-corrected chi connectivity index (χ2v) is 10.8. The average molecular weight is 475 g/mol. The summed E-state index contributed by atoms with van der Waals surface area (Å²) in [5.41, 5.74) is 2.33. The molecule has 0 aliphatic rings. The molecular weight excluding hydrogens is 452 g/mol. The maximum Gasteiger partial charge on any atom is 0.264 e. The highest BCUT2D eigenvalue weighted by Gasteiger charge is 2.27. The Kier molecular flexibility index (Phi) is 7.47. The fourth-order valence-corrected chi connectivity index (χ4v) is 5.55. The molecule has 3 rings (SSSR count). The van der Waals surface area contributed by atoms with Crippen molar-refractivity contribution in [1.82, 2.24) is 10.2 Å². The lowest BCUT2D eigenvalue weighted by Crippen LogP contribution is -2.38. The third-order valence-electron chi connectivity index (χ3n) is 4.20. The number of benzene rings is 2. The van der Waals surface area contributed by atoms with E-state index in [-0.39, 0.29) is 4.90 Å². The molecule has 2 aromatic carbocycles. The maximum atomic E-state index is 13.3. The average Bonchev–Trinajstić information content (AvgIpc) is 3.18. The van der Waals surface area contributed by atoms with Gasteiger partial charge in [-0.2, -0.15) is 0 Å². The summed E-state index contributed by atoms with van der Waals surface area (Å²) in [6.07, 6.45) is 1.75. The highest BCUT2D eigenvalue weighted by atomic mass is 32.2. The Morgan fingerprint density at radius 2 is 1.71 bits per heavy atom. The van der Waals surface area contributed by atoms with E-state index in [1.165, 1.54) is 35.2 Å². The molecule has 0 saturated heterocycles. The summed E-state index contributed by atoms with van der Waals surface area (Å²) >= 11 is 2.68. The molecule has 0 atom stereocenters. The van der Waals surface area contributed by atoms with E-state index in [0.29, 0.717) is 20.9 Å². The van der Waals surface area contributed by atoms with E-state index in [1.54, 1.807) is 42.5 Å². The second kappa shape index (κ2) is 10.1. The van der Waals surface area contributed by atoms with E-state index in [9.17, 15) is 13.2 Å². The van der Waals surface area contributed by atoms with Gasteiger partial charge in [-0.25, -0.2) is 8.42 Å². The summed E-state index contributed by atoms with van der Waals surface area (Å²) < 4.78 is 28.5. The van der Waals surface area contributed by atoms with Gasteiger partial charge in [-0.15, -0.1) is 16.8 Å². The molecule has 1 amide bonds. The summed E-state index contributed by atoms with van der Waals surface area (Å²) in [5, 5.41) is 10.9. The van der Waals surface area contributed by atoms with E-state index in [0.717, 1.165) is 15.4 Å². The van der Waals surface area contributed by atoms with Crippen LogP contribution in [0, 0.1) is 13.8 Å². The smallest absolute Gasteiger partial charge is 0.264 e. The van der Waals surface area contributed by atoms with Gasteiger partial charge in [-0.1, -0.05) is 64.6 Å². The molecule has 0 aliphatic carbocycles. The SMILES string of the molecule is C=CCSc1nnc(NC(=O)CN(c2ccc(C)cc2)S(=O)(=O)c2ccc(C)cc2)s1. The predicted molar refractivity (Wildman–Crippen MR) is 126 cm³/mol. The summed E-state index contributed by atoms with van der Waals surface area (Å²) in [4.78, 5) is 12.8. The molecule has 0 aliphatic heterocycles. The Hall–Kier alpha value is -2.69. The predicted octanol–water partition coefficient (Wildman–Crippen LogP) is 4.27. The van der Waals surface area contributed by atoms with E-state index in [2.05, 4.69) is 22.1 Å². The fraction of sp³-hybridized carbons (Fsp3) is 0.190. The maximum absolute atomic E-state index is 13.3. The van der Waals surface area contributed by atoms with Crippen LogP contribution in [0.3, 0.4) is 0 Å². The van der Waals surface area contributed by atoms with Crippen LogP contribution in [-0.2, 0) is 14.8 Å². The molecule has 3 aromatic rings. The van der Waals surface area contributed by atoms with Gasteiger partial charge in [0.25, 0.3) is 10.0 Å². The third-order valence-corrected chi connectivity index (χ3v) is 7.95. The number of rotatable bonds is 9. The van der Waals surface area contributed by atoms with Gasteiger partial charge in [0.2, 0.25) is 11.0 Å². The van der Waals surface area contributed by atoms with Crippen molar-refractivity contribution in [3.05, 3.63) is 72.3 Å². The van der Waals surface area contributed by atoms with Crippen LogP contribution in [0.2, 0.25) is 0 Å². The molecule has 0 saturated carbocycles. The van der Waals surface area contributed by atoms with Crippen molar-refractivity contribution in [2.45, 2.75) is 23.1 Å². The summed E-state index contributed by atoms with van der Waals surface area (Å²) in [6, 6.07) is 13.5. The molecular formula is C21H22N4O3S3. The molecule has 7 nitrogen and oxygen atoms in total. The van der Waals surface area contributed by atoms with Crippen LogP contribution in [0.1, 0.15) is 11.1 Å². The lowest BCUT2D eigenvalue weighted by Gasteiger charge is -2.24. The van der Waals surface area contributed by atoms with E-state index < -0.39 is 22.5 Å². The first-order chi connectivity index (χ1) is 14.8. The number of aryl methyl sites for hydroxylation is 2. The normalized spacial score (nSPS) is 11.2. The number of thioether (sulfide) groups is 1.